The molecule has 2 atom stereocenters. The summed E-state index contributed by atoms with van der Waals surface area (Å²) in [5, 5.41) is 2.95. The van der Waals surface area contributed by atoms with Crippen LogP contribution in [0.1, 0.15) is 43.0 Å². The van der Waals surface area contributed by atoms with Crippen molar-refractivity contribution in [3.8, 4) is 0 Å². The standard InChI is InChI=1S/C18H25ClN2O4S/c1-13-4-2-8-21(12-13)26(23,24)17-10-14(6-7-16(17)19)18(22)20-11-15-5-3-9-25-15/h6-7,10,13,15H,2-5,8-9,11-12H2,1H3,(H,20,22)/t13-,15+/m1/s1. The predicted molar refractivity (Wildman–Crippen MR) is 99.9 cm³/mol. The van der Waals surface area contributed by atoms with Crippen molar-refractivity contribution in [3.05, 3.63) is 28.8 Å². The van der Waals surface area contributed by atoms with Crippen LogP contribution in [0.4, 0.5) is 0 Å². The molecule has 1 N–H and O–H groups in total. The number of halogens is 1. The lowest BCUT2D eigenvalue weighted by Crippen LogP contribution is -2.39. The lowest BCUT2D eigenvalue weighted by Gasteiger charge is -2.30. The first-order valence-electron chi connectivity index (χ1n) is 9.07. The maximum Gasteiger partial charge on any atom is 0.251 e. The van der Waals surface area contributed by atoms with Gasteiger partial charge in [-0.15, -0.1) is 0 Å². The van der Waals surface area contributed by atoms with Gasteiger partial charge in [-0.2, -0.15) is 4.31 Å². The van der Waals surface area contributed by atoms with E-state index in [0.717, 1.165) is 32.3 Å². The number of carbonyl (C=O) groups excluding carboxylic acids is 1. The SMILES string of the molecule is C[C@@H]1CCCN(S(=O)(=O)c2cc(C(=O)NC[C@@H]3CCCO3)ccc2Cl)C1. The number of piperidine rings is 1. The fourth-order valence-corrected chi connectivity index (χ4v) is 5.56. The highest BCUT2D eigenvalue weighted by Gasteiger charge is 2.31. The zero-order chi connectivity index (χ0) is 18.7. The third-order valence-corrected chi connectivity index (χ3v) is 7.29. The van der Waals surface area contributed by atoms with E-state index < -0.39 is 10.0 Å². The van der Waals surface area contributed by atoms with E-state index in [1.807, 2.05) is 6.92 Å². The third-order valence-electron chi connectivity index (χ3n) is 4.95. The Morgan fingerprint density at radius 3 is 2.85 bits per heavy atom. The van der Waals surface area contributed by atoms with Gasteiger partial charge in [-0.25, -0.2) is 8.42 Å². The molecule has 6 nitrogen and oxygen atoms in total. The monoisotopic (exact) mass is 400 g/mol. The molecule has 2 heterocycles. The van der Waals surface area contributed by atoms with E-state index in [1.165, 1.54) is 16.4 Å². The number of sulfonamides is 1. The lowest BCUT2D eigenvalue weighted by atomic mass is 10.0. The fraction of sp³-hybridized carbons (Fsp3) is 0.611. The normalized spacial score (nSPS) is 24.5. The number of carbonyl (C=O) groups is 1. The van der Waals surface area contributed by atoms with Crippen molar-refractivity contribution < 1.29 is 17.9 Å². The summed E-state index contributed by atoms with van der Waals surface area (Å²) < 4.78 is 32.9. The first-order valence-corrected chi connectivity index (χ1v) is 10.9. The van der Waals surface area contributed by atoms with Crippen LogP contribution in [-0.4, -0.2) is 51.0 Å². The average Bonchev–Trinajstić information content (AvgIpc) is 3.13. The van der Waals surface area contributed by atoms with E-state index in [-0.39, 0.29) is 27.5 Å². The van der Waals surface area contributed by atoms with E-state index >= 15 is 0 Å². The largest absolute Gasteiger partial charge is 0.376 e. The van der Waals surface area contributed by atoms with Gasteiger partial charge in [0.05, 0.1) is 11.1 Å². The maximum atomic E-state index is 13.0. The van der Waals surface area contributed by atoms with Gasteiger partial charge in [-0.1, -0.05) is 18.5 Å². The van der Waals surface area contributed by atoms with E-state index in [0.29, 0.717) is 25.6 Å². The second-order valence-electron chi connectivity index (χ2n) is 7.10. The molecule has 8 heteroatoms. The molecule has 1 aromatic carbocycles. The van der Waals surface area contributed by atoms with Crippen LogP contribution in [0.5, 0.6) is 0 Å². The molecule has 2 aliphatic heterocycles. The highest BCUT2D eigenvalue weighted by Crippen LogP contribution is 2.29. The summed E-state index contributed by atoms with van der Waals surface area (Å²) in [6.45, 7) is 4.15. The van der Waals surface area contributed by atoms with Gasteiger partial charge in [0.25, 0.3) is 5.91 Å². The van der Waals surface area contributed by atoms with Crippen molar-refractivity contribution in [2.45, 2.75) is 43.6 Å². The highest BCUT2D eigenvalue weighted by molar-refractivity contribution is 7.89. The lowest BCUT2D eigenvalue weighted by molar-refractivity contribution is 0.0857. The van der Waals surface area contributed by atoms with E-state index in [9.17, 15) is 13.2 Å². The molecule has 0 saturated carbocycles. The number of nitrogens with one attached hydrogen (secondary N) is 1. The summed E-state index contributed by atoms with van der Waals surface area (Å²) in [5.74, 6) is -0.00387. The molecule has 1 aromatic rings. The van der Waals surface area contributed by atoms with Crippen molar-refractivity contribution in [1.29, 1.82) is 0 Å². The molecule has 2 aliphatic rings. The van der Waals surface area contributed by atoms with E-state index in [4.69, 9.17) is 16.3 Å². The summed E-state index contributed by atoms with van der Waals surface area (Å²) in [6.07, 6.45) is 3.81. The molecule has 144 valence electrons. The molecule has 2 saturated heterocycles. The second-order valence-corrected chi connectivity index (χ2v) is 9.41. The van der Waals surface area contributed by atoms with Crippen LogP contribution in [0.15, 0.2) is 23.1 Å². The average molecular weight is 401 g/mol. The number of ether oxygens (including phenoxy) is 1. The van der Waals surface area contributed by atoms with Gasteiger partial charge >= 0.3 is 0 Å². The topological polar surface area (TPSA) is 75.7 Å². The molecule has 2 fully saturated rings. The zero-order valence-electron chi connectivity index (χ0n) is 14.9. The maximum absolute atomic E-state index is 13.0. The Kier molecular flexibility index (Phi) is 6.22. The zero-order valence-corrected chi connectivity index (χ0v) is 16.5. The molecule has 0 spiro atoms. The molecular weight excluding hydrogens is 376 g/mol. The summed E-state index contributed by atoms with van der Waals surface area (Å²) in [4.78, 5) is 12.4. The van der Waals surface area contributed by atoms with Gasteiger partial charge in [0, 0.05) is 31.8 Å². The van der Waals surface area contributed by atoms with E-state index in [2.05, 4.69) is 5.32 Å². The molecule has 26 heavy (non-hydrogen) atoms. The van der Waals surface area contributed by atoms with Crippen molar-refractivity contribution in [2.75, 3.05) is 26.2 Å². The van der Waals surface area contributed by atoms with Crippen molar-refractivity contribution in [3.63, 3.8) is 0 Å². The Morgan fingerprint density at radius 1 is 1.35 bits per heavy atom. The van der Waals surface area contributed by atoms with Gasteiger partial charge in [-0.05, 0) is 49.8 Å². The van der Waals surface area contributed by atoms with Crippen molar-refractivity contribution in [2.24, 2.45) is 5.92 Å². The van der Waals surface area contributed by atoms with Gasteiger partial charge in [-0.3, -0.25) is 4.79 Å². The van der Waals surface area contributed by atoms with Crippen LogP contribution >= 0.6 is 11.6 Å². The van der Waals surface area contributed by atoms with Crippen molar-refractivity contribution >= 4 is 27.5 Å². The third kappa shape index (κ3) is 4.39. The highest BCUT2D eigenvalue weighted by atomic mass is 35.5. The van der Waals surface area contributed by atoms with Crippen LogP contribution in [0.3, 0.4) is 0 Å². The number of rotatable bonds is 5. The Morgan fingerprint density at radius 2 is 2.15 bits per heavy atom. The first kappa shape index (κ1) is 19.6. The Bertz CT molecular complexity index is 762. The van der Waals surface area contributed by atoms with Crippen LogP contribution in [-0.2, 0) is 14.8 Å². The van der Waals surface area contributed by atoms with Crippen LogP contribution in [0.25, 0.3) is 0 Å². The smallest absolute Gasteiger partial charge is 0.251 e. The first-order chi connectivity index (χ1) is 12.4. The number of benzene rings is 1. The summed E-state index contributed by atoms with van der Waals surface area (Å²) in [7, 11) is -3.72. The number of hydrogen-bond acceptors (Lipinski definition) is 4. The van der Waals surface area contributed by atoms with Gasteiger partial charge in [0.2, 0.25) is 10.0 Å². The molecule has 0 radical (unpaired) electrons. The van der Waals surface area contributed by atoms with E-state index in [1.54, 1.807) is 6.07 Å². The quantitative estimate of drug-likeness (QED) is 0.824. The minimum atomic E-state index is -3.72. The summed E-state index contributed by atoms with van der Waals surface area (Å²) in [5.41, 5.74) is 0.288. The van der Waals surface area contributed by atoms with Gasteiger partial charge in [0.1, 0.15) is 4.90 Å². The minimum Gasteiger partial charge on any atom is -0.376 e. The Hall–Kier alpha value is -1.15. The molecule has 0 aliphatic carbocycles. The predicted octanol–water partition coefficient (Wildman–Crippen LogP) is 2.67. The summed E-state index contributed by atoms with van der Waals surface area (Å²) in [6, 6.07) is 4.40. The molecule has 0 aromatic heterocycles. The number of nitrogens with zero attached hydrogens (tertiary/aromatic N) is 1. The Labute approximate surface area is 159 Å². The molecular formula is C18H25ClN2O4S. The molecule has 0 bridgehead atoms. The fourth-order valence-electron chi connectivity index (χ4n) is 3.46. The van der Waals surface area contributed by atoms with Crippen LogP contribution < -0.4 is 5.32 Å². The molecule has 3 rings (SSSR count). The van der Waals surface area contributed by atoms with Crippen LogP contribution in [0.2, 0.25) is 5.02 Å². The summed E-state index contributed by atoms with van der Waals surface area (Å²) >= 11 is 6.16. The van der Waals surface area contributed by atoms with Crippen molar-refractivity contribution in [1.82, 2.24) is 9.62 Å². The second kappa shape index (κ2) is 8.25. The molecule has 0 unspecified atom stereocenters. The van der Waals surface area contributed by atoms with Gasteiger partial charge < -0.3 is 10.1 Å². The minimum absolute atomic E-state index is 0.00182. The number of hydrogen-bond donors (Lipinski definition) is 1. The van der Waals surface area contributed by atoms with Gasteiger partial charge in [0.15, 0.2) is 0 Å². The molecule has 1 amide bonds. The number of amides is 1. The van der Waals surface area contributed by atoms with Crippen LogP contribution in [0, 0.1) is 5.92 Å². The Balaban J connectivity index is 1.77.